The van der Waals surface area contributed by atoms with E-state index >= 15 is 0 Å². The molecule has 0 aromatic heterocycles. The monoisotopic (exact) mass is 327 g/mol. The molecular weight excluding hydrogens is 306 g/mol. The predicted octanol–water partition coefficient (Wildman–Crippen LogP) is 3.22. The smallest absolute Gasteiger partial charge is 0.221 e. The average Bonchev–Trinajstić information content (AvgIpc) is 2.28. The molecule has 2 N–H and O–H groups in total. The third kappa shape index (κ3) is 5.74. The molecule has 0 radical (unpaired) electrons. The minimum Gasteiger partial charge on any atom is -0.396 e. The van der Waals surface area contributed by atoms with Crippen molar-refractivity contribution in [1.82, 2.24) is 5.32 Å². The Bertz CT molecular complexity index is 415. The summed E-state index contributed by atoms with van der Waals surface area (Å²) >= 11 is 3.40. The molecule has 0 spiro atoms. The van der Waals surface area contributed by atoms with Crippen LogP contribution in [0.15, 0.2) is 28.7 Å². The second kappa shape index (κ2) is 7.06. The number of hydrogen-bond acceptors (Lipinski definition) is 2. The summed E-state index contributed by atoms with van der Waals surface area (Å²) in [6.45, 7) is 5.97. The number of aliphatic hydroxyl groups is 1. The van der Waals surface area contributed by atoms with Crippen LogP contribution in [0.3, 0.4) is 0 Å². The normalized spacial score (nSPS) is 13.1. The quantitative estimate of drug-likeness (QED) is 0.842. The zero-order chi connectivity index (χ0) is 14.5. The number of aliphatic hydroxyl groups excluding tert-OH is 1. The van der Waals surface area contributed by atoms with Crippen LogP contribution in [0.1, 0.15) is 45.1 Å². The van der Waals surface area contributed by atoms with Crippen molar-refractivity contribution in [2.45, 2.75) is 45.1 Å². The van der Waals surface area contributed by atoms with E-state index in [4.69, 9.17) is 5.11 Å². The van der Waals surface area contributed by atoms with Crippen molar-refractivity contribution < 1.29 is 9.90 Å². The van der Waals surface area contributed by atoms with Crippen LogP contribution in [0.2, 0.25) is 0 Å². The average molecular weight is 328 g/mol. The number of hydrogen-bond donors (Lipinski definition) is 2. The Morgan fingerprint density at radius 2 is 1.95 bits per heavy atom. The minimum absolute atomic E-state index is 0.0221. The SMILES string of the molecule is CC(CC(=O)NC(C)(C)CCO)c1ccc(Br)cc1. The fourth-order valence-corrected chi connectivity index (χ4v) is 2.22. The molecule has 4 heteroatoms. The lowest BCUT2D eigenvalue weighted by molar-refractivity contribution is -0.123. The van der Waals surface area contributed by atoms with Gasteiger partial charge in [-0.2, -0.15) is 0 Å². The minimum atomic E-state index is -0.356. The summed E-state index contributed by atoms with van der Waals surface area (Å²) in [6, 6.07) is 8.03. The van der Waals surface area contributed by atoms with Gasteiger partial charge in [-0.3, -0.25) is 4.79 Å². The maximum atomic E-state index is 12.0. The van der Waals surface area contributed by atoms with E-state index in [1.54, 1.807) is 0 Å². The van der Waals surface area contributed by atoms with E-state index in [0.717, 1.165) is 10.0 Å². The van der Waals surface area contributed by atoms with Gasteiger partial charge in [-0.1, -0.05) is 35.0 Å². The summed E-state index contributed by atoms with van der Waals surface area (Å²) in [6.07, 6.45) is 1.02. The van der Waals surface area contributed by atoms with E-state index in [-0.39, 0.29) is 24.0 Å². The molecule has 1 unspecified atom stereocenters. The first-order chi connectivity index (χ1) is 8.84. The molecule has 0 fully saturated rings. The number of carbonyl (C=O) groups is 1. The Hall–Kier alpha value is -0.870. The highest BCUT2D eigenvalue weighted by Gasteiger charge is 2.21. The highest BCUT2D eigenvalue weighted by Crippen LogP contribution is 2.21. The standard InChI is InChI=1S/C15H22BrNO2/c1-11(12-4-6-13(16)7-5-12)10-14(19)17-15(2,3)8-9-18/h4-7,11,18H,8-10H2,1-3H3,(H,17,19). The molecule has 0 aliphatic heterocycles. The fourth-order valence-electron chi connectivity index (χ4n) is 1.96. The van der Waals surface area contributed by atoms with E-state index in [9.17, 15) is 4.79 Å². The summed E-state index contributed by atoms with van der Waals surface area (Å²) in [5.41, 5.74) is 0.795. The number of amides is 1. The number of benzene rings is 1. The second-order valence-electron chi connectivity index (χ2n) is 5.56. The number of nitrogens with one attached hydrogen (secondary N) is 1. The van der Waals surface area contributed by atoms with Crippen molar-refractivity contribution in [1.29, 1.82) is 0 Å². The Morgan fingerprint density at radius 3 is 2.47 bits per heavy atom. The van der Waals surface area contributed by atoms with Crippen LogP contribution < -0.4 is 5.32 Å². The molecule has 0 bridgehead atoms. The third-order valence-corrected chi connectivity index (χ3v) is 3.67. The molecule has 1 atom stereocenters. The van der Waals surface area contributed by atoms with Gasteiger partial charge in [0, 0.05) is 23.0 Å². The van der Waals surface area contributed by atoms with Crippen molar-refractivity contribution in [3.8, 4) is 0 Å². The Balaban J connectivity index is 2.54. The number of carbonyl (C=O) groups excluding carboxylic acids is 1. The molecule has 3 nitrogen and oxygen atoms in total. The van der Waals surface area contributed by atoms with Crippen LogP contribution in [-0.4, -0.2) is 23.2 Å². The second-order valence-corrected chi connectivity index (χ2v) is 6.48. The Morgan fingerprint density at radius 1 is 1.37 bits per heavy atom. The van der Waals surface area contributed by atoms with Gasteiger partial charge in [-0.25, -0.2) is 0 Å². The summed E-state index contributed by atoms with van der Waals surface area (Å²) in [4.78, 5) is 12.0. The summed E-state index contributed by atoms with van der Waals surface area (Å²) in [5, 5.41) is 11.9. The molecule has 19 heavy (non-hydrogen) atoms. The zero-order valence-corrected chi connectivity index (χ0v) is 13.3. The van der Waals surface area contributed by atoms with Gasteiger partial charge >= 0.3 is 0 Å². The molecular formula is C15H22BrNO2. The topological polar surface area (TPSA) is 49.3 Å². The summed E-state index contributed by atoms with van der Waals surface area (Å²) in [5.74, 6) is 0.201. The van der Waals surface area contributed by atoms with Crippen molar-refractivity contribution in [2.24, 2.45) is 0 Å². The predicted molar refractivity (Wildman–Crippen MR) is 81.1 cm³/mol. The fraction of sp³-hybridized carbons (Fsp3) is 0.533. The molecule has 0 aliphatic carbocycles. The van der Waals surface area contributed by atoms with E-state index in [1.165, 1.54) is 0 Å². The Kier molecular flexibility index (Phi) is 6.01. The molecule has 0 saturated carbocycles. The van der Waals surface area contributed by atoms with Gasteiger partial charge < -0.3 is 10.4 Å². The lowest BCUT2D eigenvalue weighted by Gasteiger charge is -2.26. The molecule has 1 rings (SSSR count). The van der Waals surface area contributed by atoms with Crippen LogP contribution in [0.25, 0.3) is 0 Å². The molecule has 1 aromatic carbocycles. The maximum absolute atomic E-state index is 12.0. The lowest BCUT2D eigenvalue weighted by atomic mass is 9.96. The molecule has 1 aromatic rings. The molecule has 0 aliphatic rings. The summed E-state index contributed by atoms with van der Waals surface area (Å²) < 4.78 is 1.04. The van der Waals surface area contributed by atoms with Gasteiger partial charge in [0.15, 0.2) is 0 Å². The van der Waals surface area contributed by atoms with E-state index in [0.29, 0.717) is 12.8 Å². The lowest BCUT2D eigenvalue weighted by Crippen LogP contribution is -2.44. The van der Waals surface area contributed by atoms with E-state index < -0.39 is 0 Å². The van der Waals surface area contributed by atoms with Crippen LogP contribution in [0.4, 0.5) is 0 Å². The van der Waals surface area contributed by atoms with Crippen LogP contribution >= 0.6 is 15.9 Å². The van der Waals surface area contributed by atoms with Crippen LogP contribution in [-0.2, 0) is 4.79 Å². The van der Waals surface area contributed by atoms with Crippen molar-refractivity contribution >= 4 is 21.8 Å². The third-order valence-electron chi connectivity index (χ3n) is 3.15. The van der Waals surface area contributed by atoms with Crippen LogP contribution in [0, 0.1) is 0 Å². The van der Waals surface area contributed by atoms with Crippen LogP contribution in [0.5, 0.6) is 0 Å². The highest BCUT2D eigenvalue weighted by molar-refractivity contribution is 9.10. The highest BCUT2D eigenvalue weighted by atomic mass is 79.9. The van der Waals surface area contributed by atoms with Crippen molar-refractivity contribution in [3.05, 3.63) is 34.3 Å². The zero-order valence-electron chi connectivity index (χ0n) is 11.7. The van der Waals surface area contributed by atoms with Gasteiger partial charge in [0.05, 0.1) is 0 Å². The van der Waals surface area contributed by atoms with Gasteiger partial charge in [0.1, 0.15) is 0 Å². The number of rotatable bonds is 6. The van der Waals surface area contributed by atoms with Crippen molar-refractivity contribution in [3.63, 3.8) is 0 Å². The largest absolute Gasteiger partial charge is 0.396 e. The van der Waals surface area contributed by atoms with Gasteiger partial charge in [-0.05, 0) is 43.9 Å². The first-order valence-corrected chi connectivity index (χ1v) is 7.31. The van der Waals surface area contributed by atoms with Gasteiger partial charge in [-0.15, -0.1) is 0 Å². The first-order valence-electron chi connectivity index (χ1n) is 6.51. The molecule has 0 saturated heterocycles. The summed E-state index contributed by atoms with van der Waals surface area (Å²) in [7, 11) is 0. The van der Waals surface area contributed by atoms with Gasteiger partial charge in [0.2, 0.25) is 5.91 Å². The molecule has 106 valence electrons. The Labute approximate surface area is 123 Å². The maximum Gasteiger partial charge on any atom is 0.221 e. The van der Waals surface area contributed by atoms with E-state index in [2.05, 4.69) is 21.2 Å². The first kappa shape index (κ1) is 16.2. The van der Waals surface area contributed by atoms with Crippen molar-refractivity contribution in [2.75, 3.05) is 6.61 Å². The number of halogens is 1. The van der Waals surface area contributed by atoms with E-state index in [1.807, 2.05) is 45.0 Å². The molecule has 0 heterocycles. The molecule has 1 amide bonds. The van der Waals surface area contributed by atoms with Gasteiger partial charge in [0.25, 0.3) is 0 Å².